The Labute approximate surface area is 118 Å². The molecule has 1 unspecified atom stereocenters. The lowest BCUT2D eigenvalue weighted by atomic mass is 9.84. The second kappa shape index (κ2) is 7.02. The molecule has 1 aromatic rings. The van der Waals surface area contributed by atoms with Crippen molar-refractivity contribution in [2.24, 2.45) is 5.41 Å². The van der Waals surface area contributed by atoms with E-state index in [1.54, 1.807) is 6.07 Å². The zero-order valence-electron chi connectivity index (χ0n) is 11.8. The summed E-state index contributed by atoms with van der Waals surface area (Å²) in [5.41, 5.74) is 0.890. The van der Waals surface area contributed by atoms with Crippen molar-refractivity contribution >= 4 is 0 Å². The zero-order chi connectivity index (χ0) is 14.4. The van der Waals surface area contributed by atoms with Gasteiger partial charge in [0.05, 0.1) is 13.7 Å². The monoisotopic (exact) mass is 283 g/mol. The third-order valence-electron chi connectivity index (χ3n) is 3.87. The summed E-state index contributed by atoms with van der Waals surface area (Å²) >= 11 is 0. The highest BCUT2D eigenvalue weighted by atomic mass is 19.1. The minimum Gasteiger partial charge on any atom is -0.494 e. The molecule has 1 heterocycles. The summed E-state index contributed by atoms with van der Waals surface area (Å²) in [6.07, 6.45) is 1.69. The van der Waals surface area contributed by atoms with Crippen LogP contribution in [0.5, 0.6) is 5.75 Å². The summed E-state index contributed by atoms with van der Waals surface area (Å²) < 4.78 is 23.9. The zero-order valence-corrected chi connectivity index (χ0v) is 11.8. The van der Waals surface area contributed by atoms with Gasteiger partial charge >= 0.3 is 0 Å². The average Bonchev–Trinajstić information content (AvgIpc) is 2.88. The maximum atomic E-state index is 13.6. The van der Waals surface area contributed by atoms with Gasteiger partial charge in [-0.25, -0.2) is 4.39 Å². The van der Waals surface area contributed by atoms with Crippen molar-refractivity contribution < 1.29 is 19.0 Å². The van der Waals surface area contributed by atoms with E-state index in [2.05, 4.69) is 5.32 Å². The molecule has 1 aliphatic heterocycles. The largest absolute Gasteiger partial charge is 0.494 e. The molecule has 5 heteroatoms. The second-order valence-corrected chi connectivity index (χ2v) is 5.35. The molecule has 0 spiro atoms. The summed E-state index contributed by atoms with van der Waals surface area (Å²) in [5, 5.41) is 12.5. The number of hydrogen-bond acceptors (Lipinski definition) is 4. The number of hydrogen-bond donors (Lipinski definition) is 2. The average molecular weight is 283 g/mol. The summed E-state index contributed by atoms with van der Waals surface area (Å²) in [6, 6.07) is 4.96. The number of halogens is 1. The standard InChI is InChI=1S/C15H22FNO3/c1-19-14-3-2-12(8-13(14)16)9-17-10-15(4-6-18)5-7-20-11-15/h2-3,8,17-18H,4-7,9-11H2,1H3. The Bertz CT molecular complexity index is 433. The number of ether oxygens (including phenoxy) is 2. The van der Waals surface area contributed by atoms with Crippen molar-refractivity contribution in [1.29, 1.82) is 0 Å². The van der Waals surface area contributed by atoms with Crippen molar-refractivity contribution in [2.75, 3.05) is 33.5 Å². The number of methoxy groups -OCH3 is 1. The van der Waals surface area contributed by atoms with Gasteiger partial charge in [0, 0.05) is 31.7 Å². The molecule has 112 valence electrons. The number of nitrogens with one attached hydrogen (secondary N) is 1. The first-order chi connectivity index (χ1) is 9.69. The van der Waals surface area contributed by atoms with E-state index >= 15 is 0 Å². The van der Waals surface area contributed by atoms with Gasteiger partial charge in [-0.1, -0.05) is 6.07 Å². The van der Waals surface area contributed by atoms with Gasteiger partial charge in [-0.15, -0.1) is 0 Å². The fourth-order valence-corrected chi connectivity index (χ4v) is 2.60. The van der Waals surface area contributed by atoms with E-state index in [1.165, 1.54) is 13.2 Å². The number of aliphatic hydroxyl groups is 1. The van der Waals surface area contributed by atoms with E-state index in [1.807, 2.05) is 6.07 Å². The van der Waals surface area contributed by atoms with Crippen LogP contribution in [0.25, 0.3) is 0 Å². The lowest BCUT2D eigenvalue weighted by Gasteiger charge is -2.26. The molecule has 1 aliphatic rings. The van der Waals surface area contributed by atoms with Crippen molar-refractivity contribution in [2.45, 2.75) is 19.4 Å². The molecule has 0 aliphatic carbocycles. The van der Waals surface area contributed by atoms with Crippen LogP contribution in [-0.2, 0) is 11.3 Å². The van der Waals surface area contributed by atoms with E-state index < -0.39 is 0 Å². The normalized spacial score (nSPS) is 22.1. The minimum atomic E-state index is -0.346. The van der Waals surface area contributed by atoms with Crippen LogP contribution in [0.2, 0.25) is 0 Å². The molecule has 0 aromatic heterocycles. The van der Waals surface area contributed by atoms with E-state index in [9.17, 15) is 4.39 Å². The van der Waals surface area contributed by atoms with Gasteiger partial charge in [0.1, 0.15) is 0 Å². The van der Waals surface area contributed by atoms with Gasteiger partial charge in [0.15, 0.2) is 11.6 Å². The Kier molecular flexibility index (Phi) is 5.34. The molecule has 1 aromatic carbocycles. The van der Waals surface area contributed by atoms with Crippen LogP contribution in [0, 0.1) is 11.2 Å². The van der Waals surface area contributed by atoms with Crippen molar-refractivity contribution in [3.63, 3.8) is 0 Å². The van der Waals surface area contributed by atoms with Crippen LogP contribution >= 0.6 is 0 Å². The predicted molar refractivity (Wildman–Crippen MR) is 74.2 cm³/mol. The van der Waals surface area contributed by atoms with Crippen LogP contribution in [0.1, 0.15) is 18.4 Å². The van der Waals surface area contributed by atoms with Crippen LogP contribution in [0.3, 0.4) is 0 Å². The fourth-order valence-electron chi connectivity index (χ4n) is 2.60. The van der Waals surface area contributed by atoms with Gasteiger partial charge in [0.25, 0.3) is 0 Å². The Morgan fingerprint density at radius 1 is 1.50 bits per heavy atom. The van der Waals surface area contributed by atoms with Crippen molar-refractivity contribution in [3.05, 3.63) is 29.6 Å². The van der Waals surface area contributed by atoms with Crippen LogP contribution in [0.4, 0.5) is 4.39 Å². The number of rotatable bonds is 7. The molecule has 4 nitrogen and oxygen atoms in total. The second-order valence-electron chi connectivity index (χ2n) is 5.35. The van der Waals surface area contributed by atoms with E-state index in [0.29, 0.717) is 13.2 Å². The first kappa shape index (κ1) is 15.2. The third kappa shape index (κ3) is 3.69. The van der Waals surface area contributed by atoms with Gasteiger partial charge in [-0.05, 0) is 30.5 Å². The summed E-state index contributed by atoms with van der Waals surface area (Å²) in [4.78, 5) is 0. The summed E-state index contributed by atoms with van der Waals surface area (Å²) in [6.45, 7) is 2.95. The first-order valence-electron chi connectivity index (χ1n) is 6.91. The quantitative estimate of drug-likeness (QED) is 0.800. The Balaban J connectivity index is 1.87. The highest BCUT2D eigenvalue weighted by Crippen LogP contribution is 2.31. The summed E-state index contributed by atoms with van der Waals surface area (Å²) in [7, 11) is 1.45. The Morgan fingerprint density at radius 2 is 2.35 bits per heavy atom. The van der Waals surface area contributed by atoms with Gasteiger partial charge < -0.3 is 19.9 Å². The topological polar surface area (TPSA) is 50.7 Å². The van der Waals surface area contributed by atoms with Crippen molar-refractivity contribution in [1.82, 2.24) is 5.32 Å². The van der Waals surface area contributed by atoms with Crippen LogP contribution in [-0.4, -0.2) is 38.6 Å². The molecule has 1 saturated heterocycles. The van der Waals surface area contributed by atoms with Crippen LogP contribution in [0.15, 0.2) is 18.2 Å². The number of aliphatic hydroxyl groups excluding tert-OH is 1. The molecule has 20 heavy (non-hydrogen) atoms. The van der Waals surface area contributed by atoms with E-state index in [4.69, 9.17) is 14.6 Å². The predicted octanol–water partition coefficient (Wildman–Crippen LogP) is 1.71. The highest BCUT2D eigenvalue weighted by Gasteiger charge is 2.33. The molecule has 0 saturated carbocycles. The molecule has 0 radical (unpaired) electrons. The first-order valence-corrected chi connectivity index (χ1v) is 6.91. The maximum absolute atomic E-state index is 13.6. The lowest BCUT2D eigenvalue weighted by Crippen LogP contribution is -2.35. The van der Waals surface area contributed by atoms with Gasteiger partial charge in [-0.3, -0.25) is 0 Å². The van der Waals surface area contributed by atoms with Gasteiger partial charge in [-0.2, -0.15) is 0 Å². The molecule has 1 atom stereocenters. The molecular weight excluding hydrogens is 261 g/mol. The van der Waals surface area contributed by atoms with Gasteiger partial charge in [0.2, 0.25) is 0 Å². The molecular formula is C15H22FNO3. The van der Waals surface area contributed by atoms with E-state index in [0.717, 1.165) is 31.6 Å². The lowest BCUT2D eigenvalue weighted by molar-refractivity contribution is 0.124. The molecule has 0 amide bonds. The molecule has 2 rings (SSSR count). The SMILES string of the molecule is COc1ccc(CNCC2(CCO)CCOC2)cc1F. The van der Waals surface area contributed by atoms with Crippen LogP contribution < -0.4 is 10.1 Å². The summed E-state index contributed by atoms with van der Waals surface area (Å²) in [5.74, 6) is -0.0873. The Hall–Kier alpha value is -1.17. The van der Waals surface area contributed by atoms with Crippen molar-refractivity contribution in [3.8, 4) is 5.75 Å². The minimum absolute atomic E-state index is 0.0137. The fraction of sp³-hybridized carbons (Fsp3) is 0.600. The molecule has 1 fully saturated rings. The van der Waals surface area contributed by atoms with E-state index in [-0.39, 0.29) is 23.6 Å². The third-order valence-corrected chi connectivity index (χ3v) is 3.87. The molecule has 0 bridgehead atoms. The highest BCUT2D eigenvalue weighted by molar-refractivity contribution is 5.29. The Morgan fingerprint density at radius 3 is 2.95 bits per heavy atom. The molecule has 2 N–H and O–H groups in total. The number of benzene rings is 1. The maximum Gasteiger partial charge on any atom is 0.165 e. The smallest absolute Gasteiger partial charge is 0.165 e.